The number of aromatic nitrogens is 6. The Morgan fingerprint density at radius 3 is 1.59 bits per heavy atom. The zero-order valence-electron chi connectivity index (χ0n) is 29.7. The zero-order valence-corrected chi connectivity index (χ0v) is 30.5. The van der Waals surface area contributed by atoms with E-state index < -0.39 is 0 Å². The van der Waals surface area contributed by atoms with Crippen LogP contribution in [0.25, 0.3) is 109 Å². The molecule has 0 radical (unpaired) electrons. The van der Waals surface area contributed by atoms with Crippen LogP contribution >= 0.6 is 11.3 Å². The predicted octanol–water partition coefficient (Wildman–Crippen LogP) is 12.4. The first-order valence-corrected chi connectivity index (χ1v) is 19.3. The summed E-state index contributed by atoms with van der Waals surface area (Å²) in [6, 6.07) is 50.5. The number of rotatable bonds is 5. The lowest BCUT2D eigenvalue weighted by Gasteiger charge is -2.09. The molecule has 6 heterocycles. The van der Waals surface area contributed by atoms with Crippen molar-refractivity contribution in [1.82, 2.24) is 29.1 Å². The van der Waals surface area contributed by atoms with E-state index in [-0.39, 0.29) is 0 Å². The van der Waals surface area contributed by atoms with Gasteiger partial charge in [0, 0.05) is 42.8 Å². The summed E-state index contributed by atoms with van der Waals surface area (Å²) in [7, 11) is 0. The second-order valence-electron chi connectivity index (χ2n) is 14.0. The molecule has 0 atom stereocenters. The molecule has 0 saturated carbocycles. The number of fused-ring (bicyclic) bond motifs is 10. The van der Waals surface area contributed by atoms with Gasteiger partial charge in [0.1, 0.15) is 10.4 Å². The zero-order chi connectivity index (χ0) is 36.7. The Bertz CT molecular complexity index is 3220. The molecule has 6 aromatic carbocycles. The summed E-state index contributed by atoms with van der Waals surface area (Å²) in [5.74, 6) is 1.39. The summed E-state index contributed by atoms with van der Waals surface area (Å²) >= 11 is 1.80. The summed E-state index contributed by atoms with van der Waals surface area (Å²) in [5.41, 5.74) is 9.76. The van der Waals surface area contributed by atoms with Crippen LogP contribution in [-0.2, 0) is 0 Å². The van der Waals surface area contributed by atoms with Gasteiger partial charge >= 0.3 is 0 Å². The monoisotopic (exact) mass is 736 g/mol. The van der Waals surface area contributed by atoms with Crippen molar-refractivity contribution >= 4 is 75.5 Å². The highest BCUT2D eigenvalue weighted by molar-refractivity contribution is 7.25. The lowest BCUT2D eigenvalue weighted by Crippen LogP contribution is -1.97. The van der Waals surface area contributed by atoms with Crippen molar-refractivity contribution in [2.45, 2.75) is 0 Å². The van der Waals surface area contributed by atoms with E-state index in [1.807, 2.05) is 97.6 Å². The topological polar surface area (TPSA) is 74.6 Å². The minimum absolute atomic E-state index is 0.683. The molecule has 7 nitrogen and oxygen atoms in total. The van der Waals surface area contributed by atoms with Crippen molar-refractivity contribution in [1.29, 1.82) is 0 Å². The summed E-state index contributed by atoms with van der Waals surface area (Å²) in [6.07, 6.45) is 7.63. The molecule has 0 amide bonds. The molecular weight excluding hydrogens is 709 g/mol. The Balaban J connectivity index is 1.04. The molecule has 0 unspecified atom stereocenters. The van der Waals surface area contributed by atoms with E-state index in [1.165, 1.54) is 25.7 Å². The summed E-state index contributed by atoms with van der Waals surface area (Å²) in [6.45, 7) is 0. The fourth-order valence-corrected chi connectivity index (χ4v) is 9.45. The maximum absolute atomic E-state index is 6.59. The molecular formula is C48H28N6OS. The Kier molecular flexibility index (Phi) is 6.66. The molecule has 0 spiro atoms. The molecule has 0 aliphatic carbocycles. The molecule has 6 aromatic heterocycles. The van der Waals surface area contributed by atoms with Crippen LogP contribution in [0.5, 0.6) is 0 Å². The van der Waals surface area contributed by atoms with E-state index in [0.717, 1.165) is 72.1 Å². The minimum Gasteiger partial charge on any atom is -0.439 e. The second-order valence-corrected chi connectivity index (χ2v) is 15.0. The fraction of sp³-hybridized carbons (Fsp3) is 0. The molecule has 0 fully saturated rings. The van der Waals surface area contributed by atoms with Crippen molar-refractivity contribution in [3.8, 4) is 45.3 Å². The fourth-order valence-electron chi connectivity index (χ4n) is 8.20. The highest BCUT2D eigenvalue weighted by Gasteiger charge is 2.22. The van der Waals surface area contributed by atoms with Gasteiger partial charge in [-0.25, -0.2) is 19.9 Å². The summed E-state index contributed by atoms with van der Waals surface area (Å²) < 4.78 is 12.3. The van der Waals surface area contributed by atoms with E-state index in [0.29, 0.717) is 11.6 Å². The van der Waals surface area contributed by atoms with Gasteiger partial charge in [0.15, 0.2) is 11.6 Å². The average Bonchev–Trinajstić information content (AvgIpc) is 4.00. The lowest BCUT2D eigenvalue weighted by molar-refractivity contribution is 0.645. The Morgan fingerprint density at radius 1 is 0.429 bits per heavy atom. The van der Waals surface area contributed by atoms with Crippen LogP contribution in [0, 0.1) is 0 Å². The maximum atomic E-state index is 6.59. The minimum atomic E-state index is 0.683. The SMILES string of the molecule is c1ccc(-c2ncc(-n3c4ccc(-c5ccc6c(c5)c5c7ccccc7sc5n6-c5cnc(-c6ccccc6)nc5)cc4c4c5ccccc5oc43)cn2)cc1. The maximum Gasteiger partial charge on any atom is 0.213 e. The van der Waals surface area contributed by atoms with E-state index in [4.69, 9.17) is 24.4 Å². The van der Waals surface area contributed by atoms with Gasteiger partial charge in [0.05, 0.1) is 52.6 Å². The number of benzene rings is 6. The smallest absolute Gasteiger partial charge is 0.213 e. The van der Waals surface area contributed by atoms with Gasteiger partial charge < -0.3 is 4.42 Å². The van der Waals surface area contributed by atoms with Gasteiger partial charge in [0.25, 0.3) is 0 Å². The molecule has 0 saturated heterocycles. The van der Waals surface area contributed by atoms with Gasteiger partial charge in [-0.3, -0.25) is 9.13 Å². The van der Waals surface area contributed by atoms with Crippen molar-refractivity contribution in [2.24, 2.45) is 0 Å². The molecule has 0 bridgehead atoms. The average molecular weight is 737 g/mol. The third-order valence-electron chi connectivity index (χ3n) is 10.8. The molecule has 56 heavy (non-hydrogen) atoms. The largest absolute Gasteiger partial charge is 0.439 e. The molecule has 0 aliphatic heterocycles. The Hall–Kier alpha value is -7.42. The predicted molar refractivity (Wildman–Crippen MR) is 228 cm³/mol. The summed E-state index contributed by atoms with van der Waals surface area (Å²) in [5, 5.41) is 6.92. The van der Waals surface area contributed by atoms with Gasteiger partial charge in [-0.15, -0.1) is 11.3 Å². The Labute approximate surface area is 323 Å². The standard InChI is InChI=1S/C48H28N6OS/c1-3-11-29(12-4-1)45-49-25-33(26-50-45)53-39-21-19-31(23-37(39)43-35-15-7-9-17-41(35)55-47(43)53)32-20-22-40-38(24-32)44-36-16-8-10-18-42(36)56-48(44)54(40)34-27-51-46(52-28-34)30-13-5-2-6-14-30/h1-28H. The van der Waals surface area contributed by atoms with Crippen LogP contribution in [0.2, 0.25) is 0 Å². The van der Waals surface area contributed by atoms with E-state index in [9.17, 15) is 0 Å². The van der Waals surface area contributed by atoms with Crippen molar-refractivity contribution in [2.75, 3.05) is 0 Å². The summed E-state index contributed by atoms with van der Waals surface area (Å²) in [4.78, 5) is 20.3. The number of hydrogen-bond donors (Lipinski definition) is 0. The van der Waals surface area contributed by atoms with Crippen LogP contribution in [0.3, 0.4) is 0 Å². The van der Waals surface area contributed by atoms with Crippen LogP contribution < -0.4 is 0 Å². The third-order valence-corrected chi connectivity index (χ3v) is 11.9. The van der Waals surface area contributed by atoms with Gasteiger partial charge in [-0.05, 0) is 47.5 Å². The first kappa shape index (κ1) is 31.0. The van der Waals surface area contributed by atoms with Crippen LogP contribution in [-0.4, -0.2) is 29.1 Å². The molecule has 8 heteroatoms. The van der Waals surface area contributed by atoms with Crippen LogP contribution in [0.1, 0.15) is 0 Å². The normalized spacial score (nSPS) is 11.9. The number of hydrogen-bond acceptors (Lipinski definition) is 6. The highest BCUT2D eigenvalue weighted by Crippen LogP contribution is 2.45. The van der Waals surface area contributed by atoms with E-state index in [2.05, 4.69) is 81.9 Å². The third kappa shape index (κ3) is 4.63. The highest BCUT2D eigenvalue weighted by atomic mass is 32.1. The second kappa shape index (κ2) is 12.0. The molecule has 0 N–H and O–H groups in total. The van der Waals surface area contributed by atoms with Crippen molar-refractivity contribution in [3.05, 3.63) is 170 Å². The number of furan rings is 1. The van der Waals surface area contributed by atoms with Gasteiger partial charge in [-0.2, -0.15) is 0 Å². The van der Waals surface area contributed by atoms with Crippen molar-refractivity contribution < 1.29 is 4.42 Å². The molecule has 12 rings (SSSR count). The first-order chi connectivity index (χ1) is 27.8. The van der Waals surface area contributed by atoms with Crippen LogP contribution in [0.4, 0.5) is 0 Å². The molecule has 262 valence electrons. The number of para-hydroxylation sites is 1. The lowest BCUT2D eigenvalue weighted by atomic mass is 10.00. The number of nitrogens with zero attached hydrogens (tertiary/aromatic N) is 6. The molecule has 0 aliphatic rings. The number of thiophene rings is 1. The quantitative estimate of drug-likeness (QED) is 0.176. The van der Waals surface area contributed by atoms with E-state index in [1.54, 1.807) is 11.3 Å². The van der Waals surface area contributed by atoms with Crippen LogP contribution in [0.15, 0.2) is 175 Å². The first-order valence-electron chi connectivity index (χ1n) is 18.4. The molecule has 12 aromatic rings. The Morgan fingerprint density at radius 2 is 0.946 bits per heavy atom. The van der Waals surface area contributed by atoms with Gasteiger partial charge in [-0.1, -0.05) is 109 Å². The van der Waals surface area contributed by atoms with Gasteiger partial charge in [0.2, 0.25) is 5.71 Å². The van der Waals surface area contributed by atoms with Crippen molar-refractivity contribution in [3.63, 3.8) is 0 Å². The van der Waals surface area contributed by atoms with E-state index >= 15 is 0 Å².